The first-order valence-corrected chi connectivity index (χ1v) is 9.61. The van der Waals surface area contributed by atoms with Crippen LogP contribution >= 0.6 is 11.3 Å². The quantitative estimate of drug-likeness (QED) is 0.719. The molecule has 1 aliphatic rings. The highest BCUT2D eigenvalue weighted by atomic mass is 32.1. The molecule has 3 aromatic heterocycles. The van der Waals surface area contributed by atoms with Crippen molar-refractivity contribution in [2.24, 2.45) is 5.92 Å². The summed E-state index contributed by atoms with van der Waals surface area (Å²) in [4.78, 5) is 27.8. The molecule has 27 heavy (non-hydrogen) atoms. The number of aromatic nitrogens is 3. The number of rotatable bonds is 4. The van der Waals surface area contributed by atoms with E-state index in [-0.39, 0.29) is 17.7 Å². The van der Waals surface area contributed by atoms with E-state index in [0.717, 1.165) is 10.6 Å². The number of likely N-dealkylation sites (tertiary alicyclic amines) is 1. The Bertz CT molecular complexity index is 938. The predicted molar refractivity (Wildman–Crippen MR) is 100 cm³/mol. The van der Waals surface area contributed by atoms with E-state index >= 15 is 0 Å². The molecule has 4 rings (SSSR count). The maximum atomic E-state index is 12.7. The van der Waals surface area contributed by atoms with Gasteiger partial charge in [0.15, 0.2) is 11.5 Å². The van der Waals surface area contributed by atoms with E-state index in [2.05, 4.69) is 20.7 Å². The molecule has 0 atom stereocenters. The van der Waals surface area contributed by atoms with E-state index in [9.17, 15) is 9.59 Å². The average molecular weight is 385 g/mol. The first-order valence-electron chi connectivity index (χ1n) is 8.73. The minimum Gasteiger partial charge on any atom is -0.360 e. The van der Waals surface area contributed by atoms with Crippen molar-refractivity contribution in [2.75, 3.05) is 18.4 Å². The molecule has 0 aromatic carbocycles. The highest BCUT2D eigenvalue weighted by Crippen LogP contribution is 2.25. The lowest BCUT2D eigenvalue weighted by molar-refractivity contribution is -0.121. The van der Waals surface area contributed by atoms with Gasteiger partial charge in [0.2, 0.25) is 5.91 Å². The molecule has 1 fully saturated rings. The Morgan fingerprint density at radius 1 is 1.33 bits per heavy atom. The van der Waals surface area contributed by atoms with Crippen molar-refractivity contribution in [1.82, 2.24) is 20.3 Å². The summed E-state index contributed by atoms with van der Waals surface area (Å²) in [6.07, 6.45) is 1.22. The van der Waals surface area contributed by atoms with E-state index in [4.69, 9.17) is 4.52 Å². The predicted octanol–water partition coefficient (Wildman–Crippen LogP) is 2.93. The molecule has 0 aliphatic carbocycles. The molecule has 140 valence electrons. The average Bonchev–Trinajstić information content (AvgIpc) is 3.43. The first kappa shape index (κ1) is 17.5. The lowest BCUT2D eigenvalue weighted by Gasteiger charge is -2.30. The maximum Gasteiger partial charge on any atom is 0.274 e. The number of piperidine rings is 1. The zero-order valence-electron chi connectivity index (χ0n) is 14.8. The Hall–Kier alpha value is -2.94. The highest BCUT2D eigenvalue weighted by Gasteiger charge is 2.29. The summed E-state index contributed by atoms with van der Waals surface area (Å²) in [5, 5.41) is 15.6. The third-order valence-electron chi connectivity index (χ3n) is 4.62. The van der Waals surface area contributed by atoms with Gasteiger partial charge >= 0.3 is 0 Å². The van der Waals surface area contributed by atoms with Gasteiger partial charge in [-0.05, 0) is 37.3 Å². The molecule has 2 N–H and O–H groups in total. The third-order valence-corrected chi connectivity index (χ3v) is 5.52. The Labute approximate surface area is 159 Å². The van der Waals surface area contributed by atoms with Gasteiger partial charge in [0.05, 0.1) is 10.6 Å². The highest BCUT2D eigenvalue weighted by molar-refractivity contribution is 7.13. The van der Waals surface area contributed by atoms with Crippen LogP contribution in [0.15, 0.2) is 34.2 Å². The van der Waals surface area contributed by atoms with E-state index in [1.54, 1.807) is 35.3 Å². The van der Waals surface area contributed by atoms with E-state index in [1.165, 1.54) is 0 Å². The summed E-state index contributed by atoms with van der Waals surface area (Å²) in [7, 11) is 0. The zero-order chi connectivity index (χ0) is 18.8. The van der Waals surface area contributed by atoms with Crippen LogP contribution in [0.4, 0.5) is 5.82 Å². The lowest BCUT2D eigenvalue weighted by Crippen LogP contribution is -2.41. The van der Waals surface area contributed by atoms with Crippen LogP contribution in [-0.4, -0.2) is 45.2 Å². The number of carbonyl (C=O) groups is 2. The van der Waals surface area contributed by atoms with Gasteiger partial charge in [0, 0.05) is 25.1 Å². The van der Waals surface area contributed by atoms with E-state index in [0.29, 0.717) is 43.2 Å². The Morgan fingerprint density at radius 3 is 2.81 bits per heavy atom. The van der Waals surface area contributed by atoms with Gasteiger partial charge in [0.25, 0.3) is 5.91 Å². The minimum absolute atomic E-state index is 0.0878. The van der Waals surface area contributed by atoms with Gasteiger partial charge < -0.3 is 14.7 Å². The van der Waals surface area contributed by atoms with Crippen LogP contribution in [0.5, 0.6) is 0 Å². The van der Waals surface area contributed by atoms with Gasteiger partial charge in [0.1, 0.15) is 5.76 Å². The molecule has 3 aromatic rings. The molecule has 9 heteroatoms. The summed E-state index contributed by atoms with van der Waals surface area (Å²) in [5.41, 5.74) is 1.24. The summed E-state index contributed by atoms with van der Waals surface area (Å²) in [6.45, 7) is 2.82. The van der Waals surface area contributed by atoms with Crippen LogP contribution in [0, 0.1) is 12.8 Å². The second-order valence-corrected chi connectivity index (χ2v) is 7.47. The van der Waals surface area contributed by atoms with Crippen LogP contribution in [0.2, 0.25) is 0 Å². The maximum absolute atomic E-state index is 12.7. The SMILES string of the molecule is Cc1cc(NC(=O)C2CCN(C(=O)c3cc(-c4cccs4)[nH]n3)CC2)no1. The molecule has 0 bridgehead atoms. The Kier molecular flexibility index (Phi) is 4.76. The molecule has 0 radical (unpaired) electrons. The fourth-order valence-corrected chi connectivity index (χ4v) is 3.84. The number of nitrogens with one attached hydrogen (secondary N) is 2. The Balaban J connectivity index is 1.33. The number of aryl methyl sites for hydroxylation is 1. The number of thiophene rings is 1. The van der Waals surface area contributed by atoms with E-state index in [1.807, 2.05) is 17.5 Å². The van der Waals surface area contributed by atoms with Crippen molar-refractivity contribution in [2.45, 2.75) is 19.8 Å². The van der Waals surface area contributed by atoms with Gasteiger partial charge in [-0.2, -0.15) is 5.10 Å². The molecule has 4 heterocycles. The smallest absolute Gasteiger partial charge is 0.274 e. The first-order chi connectivity index (χ1) is 13.1. The molecular weight excluding hydrogens is 366 g/mol. The Morgan fingerprint density at radius 2 is 2.15 bits per heavy atom. The second kappa shape index (κ2) is 7.36. The molecule has 0 unspecified atom stereocenters. The molecule has 0 saturated carbocycles. The van der Waals surface area contributed by atoms with Gasteiger partial charge in [-0.1, -0.05) is 11.2 Å². The molecule has 0 spiro atoms. The van der Waals surface area contributed by atoms with Gasteiger partial charge in [-0.25, -0.2) is 0 Å². The standard InChI is InChI=1S/C18H19N5O3S/c1-11-9-16(22-26-11)19-17(24)12-4-6-23(7-5-12)18(25)14-10-13(20-21-14)15-3-2-8-27-15/h2-3,8-10,12H,4-7H2,1H3,(H,20,21)(H,19,22,24). The van der Waals surface area contributed by atoms with Crippen molar-refractivity contribution in [3.63, 3.8) is 0 Å². The van der Waals surface area contributed by atoms with Gasteiger partial charge in [-0.3, -0.25) is 14.7 Å². The lowest BCUT2D eigenvalue weighted by atomic mass is 9.95. The normalized spacial score (nSPS) is 15.1. The largest absolute Gasteiger partial charge is 0.360 e. The van der Waals surface area contributed by atoms with Crippen LogP contribution < -0.4 is 5.32 Å². The van der Waals surface area contributed by atoms with Crippen LogP contribution in [0.3, 0.4) is 0 Å². The van der Waals surface area contributed by atoms with Crippen LogP contribution in [0.25, 0.3) is 10.6 Å². The minimum atomic E-state index is -0.146. The number of anilines is 1. The molecule has 8 nitrogen and oxygen atoms in total. The van der Waals surface area contributed by atoms with Crippen molar-refractivity contribution in [3.8, 4) is 10.6 Å². The molecule has 1 aliphatic heterocycles. The monoisotopic (exact) mass is 385 g/mol. The van der Waals surface area contributed by atoms with Crippen LogP contribution in [0.1, 0.15) is 29.1 Å². The van der Waals surface area contributed by atoms with E-state index < -0.39 is 0 Å². The fourth-order valence-electron chi connectivity index (χ4n) is 3.15. The van der Waals surface area contributed by atoms with Crippen molar-refractivity contribution >= 4 is 29.0 Å². The summed E-state index contributed by atoms with van der Waals surface area (Å²) >= 11 is 1.59. The van der Waals surface area contributed by atoms with Crippen molar-refractivity contribution in [1.29, 1.82) is 0 Å². The van der Waals surface area contributed by atoms with Gasteiger partial charge in [-0.15, -0.1) is 11.3 Å². The topological polar surface area (TPSA) is 104 Å². The van der Waals surface area contributed by atoms with Crippen molar-refractivity contribution in [3.05, 3.63) is 41.1 Å². The number of hydrogen-bond donors (Lipinski definition) is 2. The molecular formula is C18H19N5O3S. The van der Waals surface area contributed by atoms with Crippen LogP contribution in [-0.2, 0) is 4.79 Å². The fraction of sp³-hybridized carbons (Fsp3) is 0.333. The second-order valence-electron chi connectivity index (χ2n) is 6.52. The molecule has 2 amide bonds. The number of H-pyrrole nitrogens is 1. The number of aromatic amines is 1. The molecule has 1 saturated heterocycles. The zero-order valence-corrected chi connectivity index (χ0v) is 15.6. The number of carbonyl (C=O) groups excluding carboxylic acids is 2. The number of nitrogens with zero attached hydrogens (tertiary/aromatic N) is 3. The number of amides is 2. The summed E-state index contributed by atoms with van der Waals surface area (Å²) in [6, 6.07) is 7.39. The summed E-state index contributed by atoms with van der Waals surface area (Å²) in [5.74, 6) is 0.724. The third kappa shape index (κ3) is 3.77. The number of hydrogen-bond acceptors (Lipinski definition) is 6. The summed E-state index contributed by atoms with van der Waals surface area (Å²) < 4.78 is 4.95. The van der Waals surface area contributed by atoms with Crippen molar-refractivity contribution < 1.29 is 14.1 Å².